The Morgan fingerprint density at radius 1 is 1.13 bits per heavy atom. The first-order chi connectivity index (χ1) is 18.8. The fourth-order valence-electron chi connectivity index (χ4n) is 3.68. The summed E-state index contributed by atoms with van der Waals surface area (Å²) in [6.45, 7) is 0. The van der Waals surface area contributed by atoms with Crippen LogP contribution in [0.2, 0.25) is 10.2 Å². The van der Waals surface area contributed by atoms with Crippen LogP contribution in [-0.2, 0) is 4.79 Å². The quantitative estimate of drug-likeness (QED) is 0.215. The lowest BCUT2D eigenvalue weighted by Crippen LogP contribution is -2.28. The summed E-state index contributed by atoms with van der Waals surface area (Å²) in [5.74, 6) is 0.424. The zero-order valence-electron chi connectivity index (χ0n) is 20.5. The van der Waals surface area contributed by atoms with Gasteiger partial charge in [0.25, 0.3) is 0 Å². The third-order valence-electron chi connectivity index (χ3n) is 5.50. The Kier molecular flexibility index (Phi) is 9.47. The van der Waals surface area contributed by atoms with Crippen LogP contribution in [0.3, 0.4) is 0 Å². The van der Waals surface area contributed by atoms with Crippen LogP contribution in [0, 0.1) is 0 Å². The molecule has 11 nitrogen and oxygen atoms in total. The molecule has 4 aromatic rings. The Balaban J connectivity index is 1.56. The maximum absolute atomic E-state index is 13.0. The molecule has 3 N–H and O–H groups in total. The molecule has 0 aliphatic heterocycles. The van der Waals surface area contributed by atoms with Crippen LogP contribution in [0.5, 0.6) is 0 Å². The summed E-state index contributed by atoms with van der Waals surface area (Å²) in [5, 5.41) is 34.4. The predicted octanol–water partition coefficient (Wildman–Crippen LogP) is 5.14. The number of thioether (sulfide) groups is 1. The van der Waals surface area contributed by atoms with Gasteiger partial charge in [-0.05, 0) is 76.9 Å². The lowest BCUT2D eigenvalue weighted by atomic mass is 10.0. The molecule has 1 atom stereocenters. The molecule has 0 spiro atoms. The van der Waals surface area contributed by atoms with Crippen LogP contribution >= 0.6 is 35.0 Å². The number of anilines is 1. The minimum absolute atomic E-state index is 0.184. The molecule has 2 aromatic heterocycles. The zero-order chi connectivity index (χ0) is 27.8. The van der Waals surface area contributed by atoms with Crippen molar-refractivity contribution >= 4 is 58.7 Å². The van der Waals surface area contributed by atoms with Gasteiger partial charge in [0.15, 0.2) is 5.15 Å². The van der Waals surface area contributed by atoms with Gasteiger partial charge in [-0.25, -0.2) is 4.79 Å². The largest absolute Gasteiger partial charge is 0.465 e. The van der Waals surface area contributed by atoms with Crippen molar-refractivity contribution in [3.8, 4) is 16.8 Å². The number of aromatic nitrogens is 6. The molecule has 14 heteroatoms. The van der Waals surface area contributed by atoms with Crippen LogP contribution in [0.15, 0.2) is 60.9 Å². The van der Waals surface area contributed by atoms with Crippen molar-refractivity contribution in [1.29, 1.82) is 0 Å². The van der Waals surface area contributed by atoms with Crippen molar-refractivity contribution in [3.05, 3.63) is 82.4 Å². The van der Waals surface area contributed by atoms with Crippen LogP contribution in [0.25, 0.3) is 22.9 Å². The van der Waals surface area contributed by atoms with Gasteiger partial charge in [0.2, 0.25) is 5.91 Å². The highest BCUT2D eigenvalue weighted by atomic mass is 35.5. The average molecular weight is 585 g/mol. The van der Waals surface area contributed by atoms with E-state index in [0.29, 0.717) is 39.6 Å². The number of carbonyl (C=O) groups is 2. The number of halogens is 2. The van der Waals surface area contributed by atoms with Gasteiger partial charge in [0, 0.05) is 27.9 Å². The van der Waals surface area contributed by atoms with Crippen LogP contribution in [0.4, 0.5) is 10.5 Å². The molecule has 0 radical (unpaired) electrons. The maximum Gasteiger partial charge on any atom is 0.409 e. The van der Waals surface area contributed by atoms with Gasteiger partial charge in [-0.2, -0.15) is 21.5 Å². The van der Waals surface area contributed by atoms with Crippen molar-refractivity contribution in [2.45, 2.75) is 12.5 Å². The van der Waals surface area contributed by atoms with E-state index < -0.39 is 12.1 Å². The summed E-state index contributed by atoms with van der Waals surface area (Å²) in [6.07, 6.45) is 5.91. The van der Waals surface area contributed by atoms with Crippen molar-refractivity contribution in [1.82, 2.24) is 35.7 Å². The Labute approximate surface area is 237 Å². The first-order valence-corrected chi connectivity index (χ1v) is 13.6. The molecule has 0 saturated carbocycles. The lowest BCUT2D eigenvalue weighted by molar-refractivity contribution is -0.117. The minimum Gasteiger partial charge on any atom is -0.465 e. The van der Waals surface area contributed by atoms with E-state index in [4.69, 9.17) is 28.3 Å². The van der Waals surface area contributed by atoms with E-state index in [1.807, 2.05) is 6.26 Å². The molecule has 2 heterocycles. The number of nitrogens with zero attached hydrogens (tertiary/aromatic N) is 6. The second kappa shape index (κ2) is 13.2. The Morgan fingerprint density at radius 2 is 1.92 bits per heavy atom. The van der Waals surface area contributed by atoms with Gasteiger partial charge in [0.05, 0.1) is 17.4 Å². The van der Waals surface area contributed by atoms with Gasteiger partial charge >= 0.3 is 6.09 Å². The SMILES string of the molecule is CSCCC(NC(=O)C=Cc1cc(Cl)ccc1-n1cnnn1)c1cc(-c2ccc(NC(=O)O)cc2)c(Cl)nn1. The number of benzene rings is 2. The number of carbonyl (C=O) groups excluding carboxylic acids is 1. The fourth-order valence-corrected chi connectivity index (χ4v) is 4.53. The number of hydrogen-bond acceptors (Lipinski definition) is 8. The van der Waals surface area contributed by atoms with Gasteiger partial charge in [-0.15, -0.1) is 10.2 Å². The number of rotatable bonds is 10. The molecule has 1 unspecified atom stereocenters. The number of nitrogens with one attached hydrogen (secondary N) is 2. The maximum atomic E-state index is 13.0. The minimum atomic E-state index is -1.16. The first kappa shape index (κ1) is 28.0. The van der Waals surface area contributed by atoms with E-state index in [1.54, 1.807) is 66.4 Å². The molecule has 200 valence electrons. The van der Waals surface area contributed by atoms with Gasteiger partial charge in [-0.1, -0.05) is 35.3 Å². The number of amides is 2. The molecule has 0 bridgehead atoms. The summed E-state index contributed by atoms with van der Waals surface area (Å²) < 4.78 is 1.48. The molecule has 39 heavy (non-hydrogen) atoms. The van der Waals surface area contributed by atoms with E-state index in [0.717, 1.165) is 11.3 Å². The van der Waals surface area contributed by atoms with Crippen molar-refractivity contribution in [2.24, 2.45) is 0 Å². The van der Waals surface area contributed by atoms with Gasteiger partial charge in [-0.3, -0.25) is 10.1 Å². The summed E-state index contributed by atoms with van der Waals surface area (Å²) in [4.78, 5) is 23.9. The molecule has 0 aliphatic carbocycles. The van der Waals surface area contributed by atoms with Crippen LogP contribution < -0.4 is 10.6 Å². The molecule has 0 saturated heterocycles. The second-order valence-corrected chi connectivity index (χ2v) is 9.89. The average Bonchev–Trinajstić information content (AvgIpc) is 3.45. The standard InChI is InChI=1S/C25H22Cl2N8O3S/c1-39-11-10-20(21-13-19(24(27)32-31-21)15-2-6-18(7-3-15)29-25(37)38)30-23(36)9-4-16-12-17(26)5-8-22(16)35-14-28-33-34-35/h2-9,12-14,20,29H,10-11H2,1H3,(H,30,36)(H,37,38). The topological polar surface area (TPSA) is 148 Å². The highest BCUT2D eigenvalue weighted by Crippen LogP contribution is 2.30. The zero-order valence-corrected chi connectivity index (χ0v) is 22.8. The van der Waals surface area contributed by atoms with E-state index in [9.17, 15) is 9.59 Å². The molecule has 2 amide bonds. The van der Waals surface area contributed by atoms with Gasteiger partial charge in [0.1, 0.15) is 6.33 Å². The third-order valence-corrected chi connectivity index (χ3v) is 6.66. The highest BCUT2D eigenvalue weighted by molar-refractivity contribution is 7.98. The normalized spacial score (nSPS) is 11.9. The van der Waals surface area contributed by atoms with Crippen molar-refractivity contribution < 1.29 is 14.7 Å². The number of hydrogen-bond donors (Lipinski definition) is 3. The summed E-state index contributed by atoms with van der Waals surface area (Å²) in [7, 11) is 0. The summed E-state index contributed by atoms with van der Waals surface area (Å²) in [5.41, 5.74) is 3.59. The monoisotopic (exact) mass is 584 g/mol. The van der Waals surface area contributed by atoms with Crippen molar-refractivity contribution in [2.75, 3.05) is 17.3 Å². The van der Waals surface area contributed by atoms with E-state index >= 15 is 0 Å². The molecule has 0 fully saturated rings. The highest BCUT2D eigenvalue weighted by Gasteiger charge is 2.18. The Hall–Kier alpha value is -4.00. The molecule has 0 aliphatic rings. The molecule has 2 aromatic carbocycles. The van der Waals surface area contributed by atoms with Crippen LogP contribution in [-0.4, -0.2) is 59.5 Å². The smallest absolute Gasteiger partial charge is 0.409 e. The summed E-state index contributed by atoms with van der Waals surface area (Å²) >= 11 is 14.2. The Morgan fingerprint density at radius 3 is 2.62 bits per heavy atom. The molecular weight excluding hydrogens is 563 g/mol. The Bertz CT molecular complexity index is 1480. The molecule has 4 rings (SSSR count). The third kappa shape index (κ3) is 7.53. The predicted molar refractivity (Wildman–Crippen MR) is 151 cm³/mol. The molecular formula is C25H22Cl2N8O3S. The second-order valence-electron chi connectivity index (χ2n) is 8.11. The van der Waals surface area contributed by atoms with E-state index in [2.05, 4.69) is 36.4 Å². The summed E-state index contributed by atoms with van der Waals surface area (Å²) in [6, 6.07) is 13.2. The van der Waals surface area contributed by atoms with Crippen molar-refractivity contribution in [3.63, 3.8) is 0 Å². The fraction of sp³-hybridized carbons (Fsp3) is 0.160. The van der Waals surface area contributed by atoms with E-state index in [1.165, 1.54) is 17.1 Å². The van der Waals surface area contributed by atoms with Gasteiger partial charge < -0.3 is 10.4 Å². The number of carboxylic acid groups (broad SMARTS) is 1. The van der Waals surface area contributed by atoms with Crippen LogP contribution in [0.1, 0.15) is 23.7 Å². The first-order valence-electron chi connectivity index (χ1n) is 11.5. The van der Waals surface area contributed by atoms with E-state index in [-0.39, 0.29) is 11.1 Å². The number of tetrazole rings is 1. The lowest BCUT2D eigenvalue weighted by Gasteiger charge is -2.18.